The molecule has 0 unspecified atom stereocenters. The Balaban J connectivity index is 2.31. The Kier molecular flexibility index (Phi) is 4.00. The summed E-state index contributed by atoms with van der Waals surface area (Å²) < 4.78 is 75.8. The van der Waals surface area contributed by atoms with Crippen LogP contribution in [0.4, 0.5) is 0 Å². The molecule has 0 spiro atoms. The lowest BCUT2D eigenvalue weighted by atomic mass is 11.0. The van der Waals surface area contributed by atoms with Crippen LogP contribution in [0.5, 0.6) is 0 Å². The molecule has 0 aliphatic carbocycles. The summed E-state index contributed by atoms with van der Waals surface area (Å²) in [5.41, 5.74) is 0. The Hall–Kier alpha value is -2.52. The molecule has 3 rings (SSSR count). The zero-order valence-electron chi connectivity index (χ0n) is 12.1. The number of imidazole rings is 3. The van der Waals surface area contributed by atoms with E-state index >= 15 is 0 Å². The first kappa shape index (κ1) is 17.3. The summed E-state index contributed by atoms with van der Waals surface area (Å²) >= 11 is 0. The summed E-state index contributed by atoms with van der Waals surface area (Å²) in [6, 6.07) is 0. The summed E-state index contributed by atoms with van der Waals surface area (Å²) in [4.78, 5) is 10.5. The zero-order chi connectivity index (χ0) is 18.3. The zero-order valence-corrected chi connectivity index (χ0v) is 14.5. The van der Waals surface area contributed by atoms with Crippen LogP contribution >= 0.6 is 0 Å². The lowest BCUT2D eigenvalue weighted by Crippen LogP contribution is -2.38. The largest absolute Gasteiger partial charge is 0.257 e. The van der Waals surface area contributed by atoms with E-state index in [9.17, 15) is 25.3 Å². The van der Waals surface area contributed by atoms with Crippen molar-refractivity contribution in [1.29, 1.82) is 0 Å². The highest BCUT2D eigenvalue weighted by Crippen LogP contribution is 2.30. The van der Waals surface area contributed by atoms with E-state index in [0.717, 1.165) is 56.2 Å². The smallest absolute Gasteiger partial charge is 0.145 e. The highest BCUT2D eigenvalue weighted by molar-refractivity contribution is 8.27. The average molecular weight is 405 g/mol. The molecule has 0 amide bonds. The molecule has 3 aromatic heterocycles. The van der Waals surface area contributed by atoms with Gasteiger partial charge in [0.25, 0.3) is 0 Å². The standard InChI is InChI=1S/C10H9N6O6S3/c17-23(18,14-4-1-11-7-14)10(24(19,20)15-5-2-12-8-15)25(21,22)16-6-3-13-9-16/h1-9H/q-1. The van der Waals surface area contributed by atoms with Gasteiger partial charge in [-0.1, -0.05) is 0 Å². The Morgan fingerprint density at radius 2 is 0.840 bits per heavy atom. The van der Waals surface area contributed by atoms with E-state index in [1.165, 1.54) is 0 Å². The SMILES string of the molecule is O=S(=O)([C-](S(=O)(=O)n1ccnc1)S(=O)(=O)n1ccnc1)n1ccnc1. The van der Waals surface area contributed by atoms with Crippen LogP contribution in [0.25, 0.3) is 0 Å². The van der Waals surface area contributed by atoms with Crippen molar-refractivity contribution in [1.82, 2.24) is 26.9 Å². The molecule has 0 atom stereocenters. The second kappa shape index (κ2) is 5.78. The Morgan fingerprint density at radius 3 is 1.04 bits per heavy atom. The molecular formula is C10H9N6O6S3-. The molecule has 0 aromatic carbocycles. The normalized spacial score (nSPS) is 13.3. The van der Waals surface area contributed by atoms with Crippen molar-refractivity contribution in [2.45, 2.75) is 0 Å². The fourth-order valence-corrected chi connectivity index (χ4v) is 8.26. The highest BCUT2D eigenvalue weighted by Gasteiger charge is 2.38. The van der Waals surface area contributed by atoms with Gasteiger partial charge >= 0.3 is 0 Å². The first-order chi connectivity index (χ1) is 11.7. The first-order valence-corrected chi connectivity index (χ1v) is 10.6. The number of hydrogen-bond acceptors (Lipinski definition) is 9. The van der Waals surface area contributed by atoms with Crippen molar-refractivity contribution < 1.29 is 25.3 Å². The predicted octanol–water partition coefficient (Wildman–Crippen LogP) is -1.34. The summed E-state index contributed by atoms with van der Waals surface area (Å²) in [5, 5.41) is 0. The maximum atomic E-state index is 12.7. The van der Waals surface area contributed by atoms with Gasteiger partial charge in [-0.25, -0.2) is 40.2 Å². The van der Waals surface area contributed by atoms with Gasteiger partial charge < -0.3 is 0 Å². The van der Waals surface area contributed by atoms with Crippen molar-refractivity contribution >= 4 is 30.1 Å². The predicted molar refractivity (Wildman–Crippen MR) is 82.9 cm³/mol. The highest BCUT2D eigenvalue weighted by atomic mass is 32.3. The molecule has 0 saturated carbocycles. The van der Waals surface area contributed by atoms with Gasteiger partial charge in [0.2, 0.25) is 0 Å². The molecule has 0 fully saturated rings. The Morgan fingerprint density at radius 1 is 0.560 bits per heavy atom. The number of hydrogen-bond donors (Lipinski definition) is 0. The lowest BCUT2D eigenvalue weighted by molar-refractivity contribution is 0.573. The maximum absolute atomic E-state index is 12.7. The number of aromatic nitrogens is 6. The van der Waals surface area contributed by atoms with Gasteiger partial charge in [-0.3, -0.25) is 11.9 Å². The summed E-state index contributed by atoms with van der Waals surface area (Å²) in [7, 11) is -15.1. The molecule has 3 heterocycles. The van der Waals surface area contributed by atoms with Crippen LogP contribution in [0.15, 0.2) is 56.2 Å². The van der Waals surface area contributed by atoms with Gasteiger partial charge in [0, 0.05) is 37.2 Å². The average Bonchev–Trinajstić information content (AvgIpc) is 3.27. The summed E-state index contributed by atoms with van der Waals surface area (Å²) in [6.07, 6.45) is 8.19. The van der Waals surface area contributed by atoms with Crippen LogP contribution in [-0.2, 0) is 30.1 Å². The molecule has 0 saturated heterocycles. The van der Waals surface area contributed by atoms with Crippen LogP contribution in [0.1, 0.15) is 0 Å². The van der Waals surface area contributed by atoms with Gasteiger partial charge in [-0.05, 0) is 0 Å². The van der Waals surface area contributed by atoms with E-state index in [2.05, 4.69) is 15.0 Å². The molecule has 134 valence electrons. The molecule has 0 bridgehead atoms. The fraction of sp³-hybridized carbons (Fsp3) is 0. The van der Waals surface area contributed by atoms with Gasteiger partial charge in [0.05, 0.1) is 0 Å². The topological polar surface area (TPSA) is 156 Å². The van der Waals surface area contributed by atoms with Crippen LogP contribution in [0.3, 0.4) is 0 Å². The minimum atomic E-state index is -5.03. The molecule has 0 aliphatic rings. The minimum Gasteiger partial charge on any atom is -0.257 e. The van der Waals surface area contributed by atoms with Crippen molar-refractivity contribution in [3.05, 3.63) is 60.1 Å². The van der Waals surface area contributed by atoms with E-state index in [1.54, 1.807) is 0 Å². The van der Waals surface area contributed by atoms with Crippen LogP contribution in [0, 0.1) is 3.91 Å². The number of rotatable bonds is 6. The maximum Gasteiger partial charge on any atom is 0.145 e. The van der Waals surface area contributed by atoms with Crippen molar-refractivity contribution in [3.63, 3.8) is 0 Å². The molecule has 0 radical (unpaired) electrons. The van der Waals surface area contributed by atoms with Gasteiger partial charge in [-0.15, -0.1) is 0 Å². The molecule has 25 heavy (non-hydrogen) atoms. The molecular weight excluding hydrogens is 396 g/mol. The molecule has 12 nitrogen and oxygen atoms in total. The Labute approximate surface area is 142 Å². The third kappa shape index (κ3) is 2.75. The summed E-state index contributed by atoms with van der Waals surface area (Å²) in [5.74, 6) is 0. The first-order valence-electron chi connectivity index (χ1n) is 6.26. The van der Waals surface area contributed by atoms with Gasteiger partial charge in [-0.2, -0.15) is 0 Å². The van der Waals surface area contributed by atoms with E-state index in [1.807, 2.05) is 0 Å². The lowest BCUT2D eigenvalue weighted by Gasteiger charge is -2.29. The monoisotopic (exact) mass is 405 g/mol. The van der Waals surface area contributed by atoms with Crippen molar-refractivity contribution in [2.75, 3.05) is 0 Å². The second-order valence-corrected chi connectivity index (χ2v) is 10.6. The third-order valence-electron chi connectivity index (χ3n) is 2.90. The van der Waals surface area contributed by atoms with E-state index in [4.69, 9.17) is 0 Å². The minimum absolute atomic E-state index is 0.380. The summed E-state index contributed by atoms with van der Waals surface area (Å²) in [6.45, 7) is 0. The second-order valence-electron chi connectivity index (χ2n) is 4.44. The number of nitrogens with zero attached hydrogens (tertiary/aromatic N) is 6. The molecule has 15 heteroatoms. The van der Waals surface area contributed by atoms with Crippen LogP contribution < -0.4 is 0 Å². The van der Waals surface area contributed by atoms with Crippen molar-refractivity contribution in [3.8, 4) is 0 Å². The van der Waals surface area contributed by atoms with Crippen molar-refractivity contribution in [2.24, 2.45) is 0 Å². The van der Waals surface area contributed by atoms with E-state index < -0.39 is 34.0 Å². The quantitative estimate of drug-likeness (QED) is 0.453. The molecule has 0 N–H and O–H groups in total. The molecule has 3 aromatic rings. The van der Waals surface area contributed by atoms with E-state index in [-0.39, 0.29) is 0 Å². The van der Waals surface area contributed by atoms with Gasteiger partial charge in [0.1, 0.15) is 53.0 Å². The van der Waals surface area contributed by atoms with Crippen LogP contribution in [-0.4, -0.2) is 52.1 Å². The van der Waals surface area contributed by atoms with Gasteiger partial charge in [0.15, 0.2) is 0 Å². The van der Waals surface area contributed by atoms with E-state index in [0.29, 0.717) is 11.9 Å². The third-order valence-corrected chi connectivity index (χ3v) is 10.3. The molecule has 0 aliphatic heterocycles. The fourth-order valence-electron chi connectivity index (χ4n) is 1.82. The Bertz CT molecular complexity index is 1010. The van der Waals surface area contributed by atoms with Crippen LogP contribution in [0.2, 0.25) is 0 Å².